The van der Waals surface area contributed by atoms with E-state index >= 15 is 0 Å². The van der Waals surface area contributed by atoms with Gasteiger partial charge in [0.2, 0.25) is 0 Å². The standard InChI is InChI=1S/C13H12O3S/c14-10(8-13(15)16)12-7-6-11(17-12)9-4-2-1-3-5-9/h1-7,10,14H,8H2,(H,15,16)/t10-/m1/s1. The number of aliphatic carboxylic acids is 1. The Morgan fingerprint density at radius 3 is 2.53 bits per heavy atom. The molecule has 4 heteroatoms. The Labute approximate surface area is 103 Å². The maximum atomic E-state index is 10.5. The fourth-order valence-electron chi connectivity index (χ4n) is 1.56. The number of hydrogen-bond donors (Lipinski definition) is 2. The second-order valence-corrected chi connectivity index (χ2v) is 4.80. The first-order chi connectivity index (χ1) is 8.16. The summed E-state index contributed by atoms with van der Waals surface area (Å²) in [7, 11) is 0. The lowest BCUT2D eigenvalue weighted by atomic mass is 10.2. The summed E-state index contributed by atoms with van der Waals surface area (Å²) in [5.41, 5.74) is 1.08. The molecule has 0 radical (unpaired) electrons. The molecule has 3 nitrogen and oxygen atoms in total. The fraction of sp³-hybridized carbons (Fsp3) is 0.154. The maximum Gasteiger partial charge on any atom is 0.306 e. The van der Waals surface area contributed by atoms with Gasteiger partial charge in [-0.15, -0.1) is 11.3 Å². The van der Waals surface area contributed by atoms with E-state index in [0.717, 1.165) is 10.4 Å². The first kappa shape index (κ1) is 11.8. The van der Waals surface area contributed by atoms with Gasteiger partial charge in [-0.2, -0.15) is 0 Å². The van der Waals surface area contributed by atoms with Crippen LogP contribution in [0.15, 0.2) is 42.5 Å². The van der Waals surface area contributed by atoms with Crippen molar-refractivity contribution in [3.8, 4) is 10.4 Å². The highest BCUT2D eigenvalue weighted by Gasteiger charge is 2.14. The summed E-state index contributed by atoms with van der Waals surface area (Å²) in [6.07, 6.45) is -1.18. The number of hydrogen-bond acceptors (Lipinski definition) is 3. The summed E-state index contributed by atoms with van der Waals surface area (Å²) >= 11 is 1.42. The number of carboxylic acids is 1. The monoisotopic (exact) mass is 248 g/mol. The highest BCUT2D eigenvalue weighted by molar-refractivity contribution is 7.15. The van der Waals surface area contributed by atoms with E-state index in [9.17, 15) is 9.90 Å². The number of carboxylic acid groups (broad SMARTS) is 1. The van der Waals surface area contributed by atoms with Crippen molar-refractivity contribution < 1.29 is 15.0 Å². The van der Waals surface area contributed by atoms with Gasteiger partial charge in [-0.3, -0.25) is 4.79 Å². The summed E-state index contributed by atoms with van der Waals surface area (Å²) in [6.45, 7) is 0. The normalized spacial score (nSPS) is 12.3. The van der Waals surface area contributed by atoms with E-state index in [1.807, 2.05) is 36.4 Å². The van der Waals surface area contributed by atoms with Gasteiger partial charge >= 0.3 is 5.97 Å². The Morgan fingerprint density at radius 1 is 1.18 bits per heavy atom. The molecule has 2 N–H and O–H groups in total. The minimum Gasteiger partial charge on any atom is -0.481 e. The number of carbonyl (C=O) groups is 1. The second-order valence-electron chi connectivity index (χ2n) is 3.68. The molecule has 2 rings (SSSR count). The Kier molecular flexibility index (Phi) is 3.56. The lowest BCUT2D eigenvalue weighted by Crippen LogP contribution is -2.03. The van der Waals surface area contributed by atoms with Crippen LogP contribution >= 0.6 is 11.3 Å². The van der Waals surface area contributed by atoms with Gasteiger partial charge in [0.25, 0.3) is 0 Å². The van der Waals surface area contributed by atoms with Crippen molar-refractivity contribution in [2.45, 2.75) is 12.5 Å². The summed E-state index contributed by atoms with van der Waals surface area (Å²) in [5.74, 6) is -0.993. The van der Waals surface area contributed by atoms with Crippen molar-refractivity contribution in [3.05, 3.63) is 47.3 Å². The zero-order valence-electron chi connectivity index (χ0n) is 9.04. The molecular formula is C13H12O3S. The van der Waals surface area contributed by atoms with Crippen LogP contribution in [0.25, 0.3) is 10.4 Å². The van der Waals surface area contributed by atoms with Crippen LogP contribution in [-0.4, -0.2) is 16.2 Å². The molecule has 0 saturated heterocycles. The minimum atomic E-state index is -0.993. The smallest absolute Gasteiger partial charge is 0.306 e. The summed E-state index contributed by atoms with van der Waals surface area (Å²) in [4.78, 5) is 12.2. The third-order valence-corrected chi connectivity index (χ3v) is 3.62. The van der Waals surface area contributed by atoms with Crippen LogP contribution in [-0.2, 0) is 4.79 Å². The largest absolute Gasteiger partial charge is 0.481 e. The molecular weight excluding hydrogens is 236 g/mol. The molecule has 1 heterocycles. The number of thiophene rings is 1. The van der Waals surface area contributed by atoms with Gasteiger partial charge in [0.1, 0.15) is 0 Å². The average Bonchev–Trinajstić information content (AvgIpc) is 2.78. The highest BCUT2D eigenvalue weighted by Crippen LogP contribution is 2.32. The number of benzene rings is 1. The fourth-order valence-corrected chi connectivity index (χ4v) is 2.55. The quantitative estimate of drug-likeness (QED) is 0.874. The molecule has 2 aromatic rings. The molecule has 0 aliphatic carbocycles. The molecule has 1 aromatic carbocycles. The van der Waals surface area contributed by atoms with Crippen molar-refractivity contribution in [1.29, 1.82) is 0 Å². The van der Waals surface area contributed by atoms with Crippen LogP contribution in [0, 0.1) is 0 Å². The SMILES string of the molecule is O=C(O)C[C@@H](O)c1ccc(-c2ccccc2)s1. The second kappa shape index (κ2) is 5.12. The van der Waals surface area contributed by atoms with E-state index in [1.165, 1.54) is 11.3 Å². The van der Waals surface area contributed by atoms with Crippen molar-refractivity contribution >= 4 is 17.3 Å². The Hall–Kier alpha value is -1.65. The topological polar surface area (TPSA) is 57.5 Å². The molecule has 88 valence electrons. The van der Waals surface area contributed by atoms with Crippen molar-refractivity contribution in [3.63, 3.8) is 0 Å². The highest BCUT2D eigenvalue weighted by atomic mass is 32.1. The number of rotatable bonds is 4. The summed E-state index contributed by atoms with van der Waals surface area (Å²) in [6, 6.07) is 13.5. The van der Waals surface area contributed by atoms with Crippen LogP contribution in [0.3, 0.4) is 0 Å². The lowest BCUT2D eigenvalue weighted by molar-refractivity contribution is -0.139. The average molecular weight is 248 g/mol. The molecule has 0 unspecified atom stereocenters. The Balaban J connectivity index is 2.19. The van der Waals surface area contributed by atoms with Crippen molar-refractivity contribution in [1.82, 2.24) is 0 Å². The molecule has 0 saturated carbocycles. The molecule has 1 aromatic heterocycles. The predicted molar refractivity (Wildman–Crippen MR) is 67.0 cm³/mol. The van der Waals surface area contributed by atoms with Crippen LogP contribution in [0.4, 0.5) is 0 Å². The summed E-state index contributed by atoms with van der Waals surface area (Å²) in [5, 5.41) is 18.3. The minimum absolute atomic E-state index is 0.255. The van der Waals surface area contributed by atoms with E-state index in [1.54, 1.807) is 6.07 Å². The van der Waals surface area contributed by atoms with Gasteiger partial charge in [-0.05, 0) is 17.7 Å². The van der Waals surface area contributed by atoms with Gasteiger partial charge in [0.15, 0.2) is 0 Å². The first-order valence-corrected chi connectivity index (χ1v) is 6.03. The maximum absolute atomic E-state index is 10.5. The van der Waals surface area contributed by atoms with Crippen LogP contribution in [0.2, 0.25) is 0 Å². The molecule has 0 bridgehead atoms. The third-order valence-electron chi connectivity index (χ3n) is 2.38. The van der Waals surface area contributed by atoms with E-state index in [4.69, 9.17) is 5.11 Å². The Bertz CT molecular complexity index is 504. The van der Waals surface area contributed by atoms with Gasteiger partial charge in [0, 0.05) is 9.75 Å². The van der Waals surface area contributed by atoms with Gasteiger partial charge in [-0.25, -0.2) is 0 Å². The third kappa shape index (κ3) is 2.93. The molecule has 0 spiro atoms. The van der Waals surface area contributed by atoms with E-state index in [-0.39, 0.29) is 6.42 Å². The molecule has 0 aliphatic rings. The van der Waals surface area contributed by atoms with Crippen molar-refractivity contribution in [2.24, 2.45) is 0 Å². The van der Waals surface area contributed by atoms with Crippen molar-refractivity contribution in [2.75, 3.05) is 0 Å². The molecule has 0 amide bonds. The zero-order chi connectivity index (χ0) is 12.3. The first-order valence-electron chi connectivity index (χ1n) is 5.22. The van der Waals surface area contributed by atoms with E-state index < -0.39 is 12.1 Å². The molecule has 0 fully saturated rings. The van der Waals surface area contributed by atoms with E-state index in [2.05, 4.69) is 0 Å². The van der Waals surface area contributed by atoms with Crippen LogP contribution in [0.5, 0.6) is 0 Å². The lowest BCUT2D eigenvalue weighted by Gasteiger charge is -2.03. The summed E-state index contributed by atoms with van der Waals surface area (Å²) < 4.78 is 0. The molecule has 0 aliphatic heterocycles. The molecule has 17 heavy (non-hydrogen) atoms. The van der Waals surface area contributed by atoms with Gasteiger partial charge < -0.3 is 10.2 Å². The van der Waals surface area contributed by atoms with Crippen LogP contribution < -0.4 is 0 Å². The van der Waals surface area contributed by atoms with Crippen LogP contribution in [0.1, 0.15) is 17.4 Å². The number of aliphatic hydroxyl groups is 1. The predicted octanol–water partition coefficient (Wildman–Crippen LogP) is 2.92. The van der Waals surface area contributed by atoms with Gasteiger partial charge in [0.05, 0.1) is 12.5 Å². The number of aliphatic hydroxyl groups excluding tert-OH is 1. The molecule has 1 atom stereocenters. The van der Waals surface area contributed by atoms with E-state index in [0.29, 0.717) is 4.88 Å². The van der Waals surface area contributed by atoms with Gasteiger partial charge in [-0.1, -0.05) is 30.3 Å². The zero-order valence-corrected chi connectivity index (χ0v) is 9.85. The Morgan fingerprint density at radius 2 is 1.88 bits per heavy atom.